The third kappa shape index (κ3) is 4.86. The van der Waals surface area contributed by atoms with Crippen molar-refractivity contribution in [2.24, 2.45) is 0 Å². The normalized spacial score (nSPS) is 14.9. The van der Waals surface area contributed by atoms with E-state index in [0.717, 1.165) is 4.09 Å². The molecule has 0 radical (unpaired) electrons. The molecule has 182 valence electrons. The summed E-state index contributed by atoms with van der Waals surface area (Å²) >= 11 is 0.700. The Hall–Kier alpha value is -2.77. The van der Waals surface area contributed by atoms with E-state index in [9.17, 15) is 31.5 Å². The number of carbonyl (C=O) groups is 1. The predicted molar refractivity (Wildman–Crippen MR) is 117 cm³/mol. The van der Waals surface area contributed by atoms with Crippen LogP contribution in [0.4, 0.5) is 13.2 Å². The summed E-state index contributed by atoms with van der Waals surface area (Å²) in [6, 6.07) is 8.86. The molecule has 0 aliphatic carbocycles. The molecule has 34 heavy (non-hydrogen) atoms. The summed E-state index contributed by atoms with van der Waals surface area (Å²) < 4.78 is 64.3. The summed E-state index contributed by atoms with van der Waals surface area (Å²) in [5.41, 5.74) is 1.74. The Morgan fingerprint density at radius 2 is 1.94 bits per heavy atom. The highest BCUT2D eigenvalue weighted by atomic mass is 32.2. The van der Waals surface area contributed by atoms with Gasteiger partial charge in [0.15, 0.2) is 4.21 Å². The Morgan fingerprint density at radius 1 is 1.24 bits per heavy atom. The lowest BCUT2D eigenvalue weighted by molar-refractivity contribution is -0.135. The number of alkyl halides is 3. The maximum atomic E-state index is 13.1. The molecule has 8 nitrogen and oxygen atoms in total. The van der Waals surface area contributed by atoms with Gasteiger partial charge in [0.2, 0.25) is 5.91 Å². The number of aromatic nitrogens is 3. The second-order valence-corrected chi connectivity index (χ2v) is 11.0. The Balaban J connectivity index is 1.51. The first-order valence-electron chi connectivity index (χ1n) is 10.3. The SMILES string of the molecule is Cc1nc(CCC(F)(F)F)sc1S(=O)(=O)n1cc2c(n1)CN(C(=O)[C@H](CO)c1ccccc1)C2. The van der Waals surface area contributed by atoms with Crippen LogP contribution in [0.2, 0.25) is 0 Å². The van der Waals surface area contributed by atoms with Gasteiger partial charge in [-0.3, -0.25) is 4.79 Å². The van der Waals surface area contributed by atoms with Crippen molar-refractivity contribution in [2.75, 3.05) is 6.61 Å². The van der Waals surface area contributed by atoms with Gasteiger partial charge in [-0.05, 0) is 12.5 Å². The first-order valence-corrected chi connectivity index (χ1v) is 12.6. The Kier molecular flexibility index (Phi) is 6.53. The van der Waals surface area contributed by atoms with Gasteiger partial charge in [0.1, 0.15) is 0 Å². The first kappa shape index (κ1) is 24.4. The van der Waals surface area contributed by atoms with Crippen molar-refractivity contribution in [3.05, 3.63) is 64.1 Å². The van der Waals surface area contributed by atoms with Gasteiger partial charge < -0.3 is 10.0 Å². The smallest absolute Gasteiger partial charge is 0.389 e. The fourth-order valence-corrected chi connectivity index (χ4v) is 6.55. The number of carbonyl (C=O) groups excluding carboxylic acids is 1. The lowest BCUT2D eigenvalue weighted by Crippen LogP contribution is -2.33. The van der Waals surface area contributed by atoms with Crippen molar-refractivity contribution in [3.63, 3.8) is 0 Å². The Labute approximate surface area is 197 Å². The van der Waals surface area contributed by atoms with E-state index in [1.807, 2.05) is 0 Å². The van der Waals surface area contributed by atoms with Crippen LogP contribution in [-0.4, -0.2) is 51.3 Å². The zero-order valence-corrected chi connectivity index (χ0v) is 19.6. The third-order valence-corrected chi connectivity index (χ3v) is 8.79. The van der Waals surface area contributed by atoms with Crippen LogP contribution in [-0.2, 0) is 34.3 Å². The van der Waals surface area contributed by atoms with E-state index < -0.39 is 35.0 Å². The number of amides is 1. The summed E-state index contributed by atoms with van der Waals surface area (Å²) in [4.78, 5) is 18.4. The van der Waals surface area contributed by atoms with Crippen LogP contribution in [0.5, 0.6) is 0 Å². The predicted octanol–water partition coefficient (Wildman–Crippen LogP) is 3.00. The fourth-order valence-electron chi connectivity index (χ4n) is 3.75. The van der Waals surface area contributed by atoms with Gasteiger partial charge >= 0.3 is 6.18 Å². The lowest BCUT2D eigenvalue weighted by atomic mass is 9.98. The molecule has 1 aliphatic rings. The minimum Gasteiger partial charge on any atom is -0.395 e. The summed E-state index contributed by atoms with van der Waals surface area (Å²) in [5.74, 6) is -1.04. The first-order chi connectivity index (χ1) is 16.0. The number of aliphatic hydroxyl groups excluding tert-OH is 1. The molecule has 2 aromatic heterocycles. The number of aryl methyl sites for hydroxylation is 2. The molecule has 1 N–H and O–H groups in total. The average Bonchev–Trinajstić information content (AvgIpc) is 3.46. The number of aliphatic hydroxyl groups is 1. The molecule has 0 bridgehead atoms. The van der Waals surface area contributed by atoms with Gasteiger partial charge in [-0.2, -0.15) is 30.8 Å². The highest BCUT2D eigenvalue weighted by Gasteiger charge is 2.34. The molecule has 0 unspecified atom stereocenters. The van der Waals surface area contributed by atoms with Gasteiger partial charge in [-0.15, -0.1) is 11.3 Å². The molecule has 1 aliphatic heterocycles. The summed E-state index contributed by atoms with van der Waals surface area (Å²) in [5, 5.41) is 14.0. The van der Waals surface area contributed by atoms with E-state index in [2.05, 4.69) is 10.1 Å². The van der Waals surface area contributed by atoms with Crippen molar-refractivity contribution >= 4 is 27.3 Å². The number of hydrogen-bond acceptors (Lipinski definition) is 7. The molecule has 0 saturated heterocycles. The quantitative estimate of drug-likeness (QED) is 0.520. The van der Waals surface area contributed by atoms with Crippen LogP contribution < -0.4 is 0 Å². The summed E-state index contributed by atoms with van der Waals surface area (Å²) in [7, 11) is -4.15. The van der Waals surface area contributed by atoms with E-state index >= 15 is 0 Å². The number of thiazole rings is 1. The van der Waals surface area contributed by atoms with Gasteiger partial charge in [-0.25, -0.2) is 4.98 Å². The standard InChI is InChI=1S/C21H21F3N4O4S2/c1-13-20(33-18(25-13)7-8-21(22,23)24)34(31,32)28-10-15-9-27(11-17(15)26-28)19(30)16(12-29)14-5-3-2-4-6-14/h2-6,10,16,29H,7-9,11-12H2,1H3/t16-/m1/s1. The number of rotatable bonds is 7. The largest absolute Gasteiger partial charge is 0.395 e. The van der Waals surface area contributed by atoms with Crippen molar-refractivity contribution in [3.8, 4) is 0 Å². The monoisotopic (exact) mass is 514 g/mol. The maximum absolute atomic E-state index is 13.1. The number of halogens is 3. The van der Waals surface area contributed by atoms with Crippen LogP contribution in [0.3, 0.4) is 0 Å². The topological polar surface area (TPSA) is 105 Å². The Bertz CT molecular complexity index is 1280. The molecule has 3 aromatic rings. The number of benzene rings is 1. The molecular formula is C21H21F3N4O4S2. The minimum absolute atomic E-state index is 0.0819. The van der Waals surface area contributed by atoms with Crippen molar-refractivity contribution in [2.45, 2.75) is 49.2 Å². The van der Waals surface area contributed by atoms with Crippen LogP contribution in [0, 0.1) is 6.92 Å². The van der Waals surface area contributed by atoms with Crippen molar-refractivity contribution in [1.82, 2.24) is 19.1 Å². The molecule has 0 spiro atoms. The molecule has 1 aromatic carbocycles. The fraction of sp³-hybridized carbons (Fsp3) is 0.381. The van der Waals surface area contributed by atoms with Gasteiger partial charge in [0.25, 0.3) is 10.0 Å². The van der Waals surface area contributed by atoms with E-state index in [1.165, 1.54) is 18.0 Å². The van der Waals surface area contributed by atoms with Crippen LogP contribution in [0.15, 0.2) is 40.7 Å². The van der Waals surface area contributed by atoms with Gasteiger partial charge in [-0.1, -0.05) is 30.3 Å². The van der Waals surface area contributed by atoms with E-state index in [-0.39, 0.29) is 40.5 Å². The molecule has 1 atom stereocenters. The van der Waals surface area contributed by atoms with Gasteiger partial charge in [0.05, 0.1) is 35.5 Å². The summed E-state index contributed by atoms with van der Waals surface area (Å²) in [6.07, 6.45) is -4.54. The molecule has 13 heteroatoms. The number of fused-ring (bicyclic) bond motifs is 1. The molecule has 1 amide bonds. The highest BCUT2D eigenvalue weighted by molar-refractivity contribution is 7.92. The zero-order chi connectivity index (χ0) is 24.7. The molecule has 0 saturated carbocycles. The van der Waals surface area contributed by atoms with Crippen LogP contribution >= 0.6 is 11.3 Å². The minimum atomic E-state index is -4.36. The third-order valence-electron chi connectivity index (χ3n) is 5.45. The van der Waals surface area contributed by atoms with E-state index in [4.69, 9.17) is 0 Å². The van der Waals surface area contributed by atoms with Crippen LogP contribution in [0.1, 0.15) is 39.9 Å². The second kappa shape index (κ2) is 9.12. The maximum Gasteiger partial charge on any atom is 0.389 e. The Morgan fingerprint density at radius 3 is 2.56 bits per heavy atom. The summed E-state index contributed by atoms with van der Waals surface area (Å²) in [6.45, 7) is 1.27. The molecule has 3 heterocycles. The molecular weight excluding hydrogens is 493 g/mol. The van der Waals surface area contributed by atoms with Gasteiger partial charge in [0, 0.05) is 31.1 Å². The van der Waals surface area contributed by atoms with E-state index in [0.29, 0.717) is 28.2 Å². The average molecular weight is 515 g/mol. The lowest BCUT2D eigenvalue weighted by Gasteiger charge is -2.22. The highest BCUT2D eigenvalue weighted by Crippen LogP contribution is 2.31. The van der Waals surface area contributed by atoms with Crippen molar-refractivity contribution < 1.29 is 31.5 Å². The molecule has 4 rings (SSSR count). The molecule has 0 fully saturated rings. The number of nitrogens with zero attached hydrogens (tertiary/aromatic N) is 4. The second-order valence-electron chi connectivity index (χ2n) is 7.91. The number of hydrogen-bond donors (Lipinski definition) is 1. The van der Waals surface area contributed by atoms with E-state index in [1.54, 1.807) is 30.3 Å². The van der Waals surface area contributed by atoms with Crippen molar-refractivity contribution in [1.29, 1.82) is 0 Å². The van der Waals surface area contributed by atoms with Crippen LogP contribution in [0.25, 0.3) is 0 Å². The zero-order valence-electron chi connectivity index (χ0n) is 18.0.